The van der Waals surface area contributed by atoms with E-state index in [1.54, 1.807) is 20.1 Å². The molecule has 1 amide bonds. The van der Waals surface area contributed by atoms with Crippen molar-refractivity contribution in [2.24, 2.45) is 0 Å². The van der Waals surface area contributed by atoms with Crippen LogP contribution in [0.2, 0.25) is 0 Å². The van der Waals surface area contributed by atoms with Crippen LogP contribution in [0.4, 0.5) is 10.7 Å². The Morgan fingerprint density at radius 2 is 1.96 bits per heavy atom. The molecule has 25 heavy (non-hydrogen) atoms. The first kappa shape index (κ1) is 18.8. The highest BCUT2D eigenvalue weighted by Gasteiger charge is 2.18. The summed E-state index contributed by atoms with van der Waals surface area (Å²) in [4.78, 5) is 25.3. The van der Waals surface area contributed by atoms with E-state index in [9.17, 15) is 9.59 Å². The minimum absolute atomic E-state index is 0.0575. The number of ether oxygens (including phenoxy) is 2. The third-order valence-electron chi connectivity index (χ3n) is 3.43. The molecule has 2 N–H and O–H groups in total. The van der Waals surface area contributed by atoms with Gasteiger partial charge in [0.15, 0.2) is 0 Å². The van der Waals surface area contributed by atoms with E-state index in [0.717, 1.165) is 17.0 Å². The number of methoxy groups -OCH3 is 1. The standard InChI is InChI=1S/C18H22N2O4S/c1-4-12-10-13(18(22)24-5-2)17(25-12)20-16(21)11-19-14-8-6-7-9-15(14)23-3/h6-10,19H,4-5,11H2,1-3H3,(H,20,21). The average molecular weight is 362 g/mol. The van der Waals surface area contributed by atoms with Gasteiger partial charge < -0.3 is 20.1 Å². The van der Waals surface area contributed by atoms with Gasteiger partial charge in [0, 0.05) is 4.88 Å². The number of benzene rings is 1. The Morgan fingerprint density at radius 3 is 2.64 bits per heavy atom. The van der Waals surface area contributed by atoms with E-state index in [4.69, 9.17) is 9.47 Å². The average Bonchev–Trinajstić information content (AvgIpc) is 3.03. The number of carbonyl (C=O) groups is 2. The van der Waals surface area contributed by atoms with E-state index in [1.165, 1.54) is 11.3 Å². The first-order valence-corrected chi connectivity index (χ1v) is 8.87. The summed E-state index contributed by atoms with van der Waals surface area (Å²) in [6.45, 7) is 4.09. The molecule has 0 spiro atoms. The van der Waals surface area contributed by atoms with Crippen molar-refractivity contribution < 1.29 is 19.1 Å². The molecule has 1 aromatic carbocycles. The first-order chi connectivity index (χ1) is 12.1. The van der Waals surface area contributed by atoms with Crippen LogP contribution >= 0.6 is 11.3 Å². The largest absolute Gasteiger partial charge is 0.495 e. The third-order valence-corrected chi connectivity index (χ3v) is 4.62. The maximum absolute atomic E-state index is 12.3. The fraction of sp³-hybridized carbons (Fsp3) is 0.333. The summed E-state index contributed by atoms with van der Waals surface area (Å²) in [6.07, 6.45) is 0.784. The van der Waals surface area contributed by atoms with Crippen molar-refractivity contribution >= 4 is 33.9 Å². The summed E-state index contributed by atoms with van der Waals surface area (Å²) < 4.78 is 10.3. The van der Waals surface area contributed by atoms with Gasteiger partial charge in [-0.25, -0.2) is 4.79 Å². The molecular formula is C18H22N2O4S. The van der Waals surface area contributed by atoms with Crippen molar-refractivity contribution in [2.75, 3.05) is 30.9 Å². The van der Waals surface area contributed by atoms with Crippen LogP contribution in [0.25, 0.3) is 0 Å². The molecule has 0 radical (unpaired) electrons. The van der Waals surface area contributed by atoms with Gasteiger partial charge in [-0.3, -0.25) is 4.79 Å². The topological polar surface area (TPSA) is 76.7 Å². The van der Waals surface area contributed by atoms with Crippen molar-refractivity contribution in [3.63, 3.8) is 0 Å². The van der Waals surface area contributed by atoms with Gasteiger partial charge in [-0.15, -0.1) is 11.3 Å². The van der Waals surface area contributed by atoms with Gasteiger partial charge in [0.1, 0.15) is 10.8 Å². The predicted octanol–water partition coefficient (Wildman–Crippen LogP) is 3.55. The molecule has 0 unspecified atom stereocenters. The number of hydrogen-bond donors (Lipinski definition) is 2. The molecule has 0 fully saturated rings. The third kappa shape index (κ3) is 4.96. The van der Waals surface area contributed by atoms with E-state index in [-0.39, 0.29) is 12.5 Å². The van der Waals surface area contributed by atoms with E-state index in [1.807, 2.05) is 31.2 Å². The maximum Gasteiger partial charge on any atom is 0.341 e. The quantitative estimate of drug-likeness (QED) is 0.703. The number of amides is 1. The fourth-order valence-electron chi connectivity index (χ4n) is 2.21. The lowest BCUT2D eigenvalue weighted by atomic mass is 10.2. The number of carbonyl (C=O) groups excluding carboxylic acids is 2. The second kappa shape index (κ2) is 9.08. The molecule has 7 heteroatoms. The maximum atomic E-state index is 12.3. The summed E-state index contributed by atoms with van der Waals surface area (Å²) in [6, 6.07) is 9.12. The van der Waals surface area contributed by atoms with Crippen molar-refractivity contribution in [2.45, 2.75) is 20.3 Å². The molecule has 0 atom stereocenters. The molecule has 0 aliphatic carbocycles. The van der Waals surface area contributed by atoms with Crippen LogP contribution in [0.1, 0.15) is 29.1 Å². The molecule has 0 saturated heterocycles. The smallest absolute Gasteiger partial charge is 0.341 e. The number of thiophene rings is 1. The molecule has 0 aliphatic heterocycles. The van der Waals surface area contributed by atoms with Crippen LogP contribution in [-0.4, -0.2) is 32.1 Å². The molecule has 0 aliphatic rings. The van der Waals surface area contributed by atoms with Gasteiger partial charge in [-0.05, 0) is 31.5 Å². The van der Waals surface area contributed by atoms with Crippen LogP contribution in [-0.2, 0) is 16.0 Å². The van der Waals surface area contributed by atoms with Crippen LogP contribution in [0.15, 0.2) is 30.3 Å². The predicted molar refractivity (Wildman–Crippen MR) is 99.8 cm³/mol. The lowest BCUT2D eigenvalue weighted by Crippen LogP contribution is -2.22. The highest BCUT2D eigenvalue weighted by Crippen LogP contribution is 2.29. The number of anilines is 2. The summed E-state index contributed by atoms with van der Waals surface area (Å²) in [5.41, 5.74) is 1.13. The van der Waals surface area contributed by atoms with E-state index >= 15 is 0 Å². The lowest BCUT2D eigenvalue weighted by molar-refractivity contribution is -0.114. The van der Waals surface area contributed by atoms with Crippen molar-refractivity contribution in [3.8, 4) is 5.75 Å². The second-order valence-corrected chi connectivity index (χ2v) is 6.27. The number of hydrogen-bond acceptors (Lipinski definition) is 6. The number of para-hydroxylation sites is 2. The summed E-state index contributed by atoms with van der Waals surface area (Å²) in [7, 11) is 1.57. The number of esters is 1. The summed E-state index contributed by atoms with van der Waals surface area (Å²) in [5, 5.41) is 6.33. The van der Waals surface area contributed by atoms with Crippen molar-refractivity contribution in [3.05, 3.63) is 40.8 Å². The molecule has 0 bridgehead atoms. The Morgan fingerprint density at radius 1 is 1.20 bits per heavy atom. The molecule has 1 heterocycles. The summed E-state index contributed by atoms with van der Waals surface area (Å²) >= 11 is 1.39. The fourth-order valence-corrected chi connectivity index (χ4v) is 3.21. The molecular weight excluding hydrogens is 340 g/mol. The normalized spacial score (nSPS) is 10.2. The Hall–Kier alpha value is -2.54. The number of aryl methyl sites for hydroxylation is 1. The molecule has 1 aromatic heterocycles. The van der Waals surface area contributed by atoms with Gasteiger partial charge in [0.25, 0.3) is 0 Å². The highest BCUT2D eigenvalue weighted by molar-refractivity contribution is 7.16. The zero-order chi connectivity index (χ0) is 18.2. The van der Waals surface area contributed by atoms with E-state index in [0.29, 0.717) is 22.9 Å². The van der Waals surface area contributed by atoms with Gasteiger partial charge in [-0.1, -0.05) is 19.1 Å². The number of nitrogens with one attached hydrogen (secondary N) is 2. The van der Waals surface area contributed by atoms with Gasteiger partial charge in [-0.2, -0.15) is 0 Å². The Balaban J connectivity index is 2.04. The second-order valence-electron chi connectivity index (χ2n) is 5.13. The Bertz CT molecular complexity index is 742. The van der Waals surface area contributed by atoms with Gasteiger partial charge >= 0.3 is 5.97 Å². The minimum Gasteiger partial charge on any atom is -0.495 e. The van der Waals surface area contributed by atoms with Gasteiger partial charge in [0.2, 0.25) is 5.91 Å². The summed E-state index contributed by atoms with van der Waals surface area (Å²) in [5.74, 6) is -0.0145. The Labute approximate surface area is 151 Å². The van der Waals surface area contributed by atoms with Crippen molar-refractivity contribution in [1.82, 2.24) is 0 Å². The monoisotopic (exact) mass is 362 g/mol. The molecule has 6 nitrogen and oxygen atoms in total. The molecule has 2 rings (SSSR count). The lowest BCUT2D eigenvalue weighted by Gasteiger charge is -2.11. The zero-order valence-electron chi connectivity index (χ0n) is 14.5. The van der Waals surface area contributed by atoms with E-state index in [2.05, 4.69) is 10.6 Å². The van der Waals surface area contributed by atoms with E-state index < -0.39 is 5.97 Å². The van der Waals surface area contributed by atoms with Crippen LogP contribution in [0, 0.1) is 0 Å². The zero-order valence-corrected chi connectivity index (χ0v) is 15.4. The van der Waals surface area contributed by atoms with Crippen LogP contribution in [0.5, 0.6) is 5.75 Å². The van der Waals surface area contributed by atoms with Crippen LogP contribution < -0.4 is 15.4 Å². The highest BCUT2D eigenvalue weighted by atomic mass is 32.1. The minimum atomic E-state index is -0.425. The SMILES string of the molecule is CCOC(=O)c1cc(CC)sc1NC(=O)CNc1ccccc1OC. The van der Waals surface area contributed by atoms with Crippen molar-refractivity contribution in [1.29, 1.82) is 0 Å². The molecule has 134 valence electrons. The molecule has 2 aromatic rings. The Kier molecular flexibility index (Phi) is 6.82. The first-order valence-electron chi connectivity index (χ1n) is 8.05. The number of rotatable bonds is 8. The van der Waals surface area contributed by atoms with Crippen LogP contribution in [0.3, 0.4) is 0 Å². The van der Waals surface area contributed by atoms with Gasteiger partial charge in [0.05, 0.1) is 31.5 Å². The molecule has 0 saturated carbocycles.